The van der Waals surface area contributed by atoms with Gasteiger partial charge >= 0.3 is 0 Å². The summed E-state index contributed by atoms with van der Waals surface area (Å²) >= 11 is 0. The highest BCUT2D eigenvalue weighted by Crippen LogP contribution is 2.24. The van der Waals surface area contributed by atoms with Crippen LogP contribution in [0.2, 0.25) is 0 Å². The molecule has 0 aliphatic carbocycles. The molecule has 3 heteroatoms. The van der Waals surface area contributed by atoms with Gasteiger partial charge in [0.05, 0.1) is 0 Å². The first kappa shape index (κ1) is 21.9. The van der Waals surface area contributed by atoms with Gasteiger partial charge in [-0.1, -0.05) is 90.1 Å². The lowest BCUT2D eigenvalue weighted by atomic mass is 9.86. The fourth-order valence-corrected chi connectivity index (χ4v) is 2.94. The highest BCUT2D eigenvalue weighted by Gasteiger charge is 2.16. The van der Waals surface area contributed by atoms with Crippen LogP contribution in [-0.2, 0) is 10.8 Å². The molecule has 0 aliphatic rings. The number of nitrogens with zero attached hydrogens (tertiary/aromatic N) is 2. The second-order valence-electron chi connectivity index (χ2n) is 9.45. The van der Waals surface area contributed by atoms with E-state index in [2.05, 4.69) is 89.8 Å². The van der Waals surface area contributed by atoms with Crippen LogP contribution in [0.15, 0.2) is 53.5 Å². The first-order valence-corrected chi connectivity index (χ1v) is 10.0. The lowest BCUT2D eigenvalue weighted by Crippen LogP contribution is -2.28. The Balaban J connectivity index is 2.37. The van der Waals surface area contributed by atoms with Crippen molar-refractivity contribution in [2.24, 2.45) is 4.99 Å². The lowest BCUT2D eigenvalue weighted by Gasteiger charge is -2.22. The van der Waals surface area contributed by atoms with E-state index in [0.717, 1.165) is 23.5 Å². The average molecular weight is 378 g/mol. The molecule has 0 saturated heterocycles. The summed E-state index contributed by atoms with van der Waals surface area (Å²) in [5.74, 6) is 1.11. The predicted octanol–water partition coefficient (Wildman–Crippen LogP) is 6.01. The summed E-state index contributed by atoms with van der Waals surface area (Å²) in [4.78, 5) is 6.78. The number of hydrogen-bond donors (Lipinski definition) is 1. The maximum atomic E-state index is 8.53. The standard InChI is InChI=1S/C25H35N3/c1-9-28(8)23(19-12-16-21(17-13-19)25(5,6)7)27-22(26)18-10-14-20(15-11-18)24(2,3)4/h10-17,26H,9H2,1-8H3/b26-22?,27-23-. The molecule has 0 atom stereocenters. The first-order chi connectivity index (χ1) is 12.9. The molecule has 0 unspecified atom stereocenters. The molecule has 0 amide bonds. The third kappa shape index (κ3) is 5.31. The molecule has 0 bridgehead atoms. The van der Waals surface area contributed by atoms with Crippen molar-refractivity contribution in [3.63, 3.8) is 0 Å². The minimum Gasteiger partial charge on any atom is -0.359 e. The number of benzene rings is 2. The van der Waals surface area contributed by atoms with Crippen LogP contribution in [0.5, 0.6) is 0 Å². The fourth-order valence-electron chi connectivity index (χ4n) is 2.94. The average Bonchev–Trinajstić information content (AvgIpc) is 2.64. The second-order valence-corrected chi connectivity index (χ2v) is 9.45. The Kier molecular flexibility index (Phi) is 6.48. The monoisotopic (exact) mass is 377 g/mol. The van der Waals surface area contributed by atoms with Gasteiger partial charge < -0.3 is 4.90 Å². The van der Waals surface area contributed by atoms with Gasteiger partial charge in [0, 0.05) is 24.7 Å². The molecule has 0 aromatic heterocycles. The molecule has 0 aliphatic heterocycles. The number of rotatable bonds is 3. The van der Waals surface area contributed by atoms with Crippen molar-refractivity contribution < 1.29 is 0 Å². The summed E-state index contributed by atoms with van der Waals surface area (Å²) in [6, 6.07) is 16.7. The van der Waals surface area contributed by atoms with Crippen LogP contribution >= 0.6 is 0 Å². The van der Waals surface area contributed by atoms with Gasteiger partial charge in [-0.15, -0.1) is 0 Å². The lowest BCUT2D eigenvalue weighted by molar-refractivity contribution is 0.537. The van der Waals surface area contributed by atoms with Crippen molar-refractivity contribution in [1.82, 2.24) is 4.90 Å². The zero-order chi connectivity index (χ0) is 21.1. The Hall–Kier alpha value is -2.42. The van der Waals surface area contributed by atoms with Crippen LogP contribution in [0.3, 0.4) is 0 Å². The highest BCUT2D eigenvalue weighted by atomic mass is 15.2. The minimum atomic E-state index is 0.104. The van der Waals surface area contributed by atoms with E-state index in [9.17, 15) is 0 Å². The summed E-state index contributed by atoms with van der Waals surface area (Å²) < 4.78 is 0. The van der Waals surface area contributed by atoms with Crippen LogP contribution in [0.1, 0.15) is 70.7 Å². The molecule has 0 saturated carbocycles. The summed E-state index contributed by atoms with van der Waals surface area (Å²) in [6.45, 7) is 16.2. The summed E-state index contributed by atoms with van der Waals surface area (Å²) in [5.41, 5.74) is 4.65. The molecule has 3 nitrogen and oxygen atoms in total. The van der Waals surface area contributed by atoms with Crippen LogP contribution in [0.25, 0.3) is 0 Å². The van der Waals surface area contributed by atoms with Gasteiger partial charge in [0.2, 0.25) is 0 Å². The van der Waals surface area contributed by atoms with E-state index in [4.69, 9.17) is 10.4 Å². The number of amidine groups is 2. The largest absolute Gasteiger partial charge is 0.359 e. The Bertz CT molecular complexity index is 829. The molecular weight excluding hydrogens is 342 g/mol. The Morgan fingerprint density at radius 3 is 1.54 bits per heavy atom. The normalized spacial score (nSPS) is 12.8. The Labute approximate surface area is 171 Å². The molecule has 0 heterocycles. The Morgan fingerprint density at radius 2 is 1.18 bits per heavy atom. The van der Waals surface area contributed by atoms with E-state index in [0.29, 0.717) is 0 Å². The minimum absolute atomic E-state index is 0.104. The van der Waals surface area contributed by atoms with Gasteiger partial charge in [0.15, 0.2) is 5.84 Å². The third-order valence-electron chi connectivity index (χ3n) is 5.09. The second kappa shape index (κ2) is 8.30. The van der Waals surface area contributed by atoms with Crippen LogP contribution in [0, 0.1) is 5.41 Å². The molecule has 1 N–H and O–H groups in total. The predicted molar refractivity (Wildman–Crippen MR) is 122 cm³/mol. The maximum Gasteiger partial charge on any atom is 0.154 e. The van der Waals surface area contributed by atoms with Gasteiger partial charge in [-0.05, 0) is 28.9 Å². The van der Waals surface area contributed by atoms with Gasteiger partial charge in [0.1, 0.15) is 5.84 Å². The van der Waals surface area contributed by atoms with Crippen LogP contribution in [-0.4, -0.2) is 30.2 Å². The summed E-state index contributed by atoms with van der Waals surface area (Å²) in [5, 5.41) is 8.53. The third-order valence-corrected chi connectivity index (χ3v) is 5.09. The molecule has 0 spiro atoms. The zero-order valence-corrected chi connectivity index (χ0v) is 18.7. The van der Waals surface area contributed by atoms with Crippen molar-refractivity contribution in [3.8, 4) is 0 Å². The number of hydrogen-bond acceptors (Lipinski definition) is 1. The maximum absolute atomic E-state index is 8.53. The van der Waals surface area contributed by atoms with E-state index in [1.54, 1.807) is 0 Å². The fraction of sp³-hybridized carbons (Fsp3) is 0.440. The van der Waals surface area contributed by atoms with Gasteiger partial charge in [-0.2, -0.15) is 0 Å². The van der Waals surface area contributed by atoms with E-state index >= 15 is 0 Å². The molecule has 150 valence electrons. The molecule has 28 heavy (non-hydrogen) atoms. The molecule has 0 radical (unpaired) electrons. The van der Waals surface area contributed by atoms with Gasteiger partial charge in [-0.3, -0.25) is 5.41 Å². The molecule has 0 fully saturated rings. The SMILES string of the molecule is CCN(C)/C(=N\C(=N)c1ccc(C(C)(C)C)cc1)c1ccc(C(C)(C)C)cc1. The quantitative estimate of drug-likeness (QED) is 0.517. The smallest absolute Gasteiger partial charge is 0.154 e. The highest BCUT2D eigenvalue weighted by molar-refractivity contribution is 6.10. The summed E-state index contributed by atoms with van der Waals surface area (Å²) in [6.07, 6.45) is 0. The van der Waals surface area contributed by atoms with E-state index in [-0.39, 0.29) is 16.7 Å². The van der Waals surface area contributed by atoms with Crippen LogP contribution < -0.4 is 0 Å². The van der Waals surface area contributed by atoms with E-state index < -0.39 is 0 Å². The van der Waals surface area contributed by atoms with Crippen molar-refractivity contribution in [2.45, 2.75) is 59.3 Å². The molecular formula is C25H35N3. The Morgan fingerprint density at radius 1 is 0.786 bits per heavy atom. The van der Waals surface area contributed by atoms with E-state index in [1.807, 2.05) is 19.2 Å². The summed E-state index contributed by atoms with van der Waals surface area (Å²) in [7, 11) is 2.02. The van der Waals surface area contributed by atoms with Crippen LogP contribution in [0.4, 0.5) is 0 Å². The zero-order valence-electron chi connectivity index (χ0n) is 18.7. The molecule has 2 rings (SSSR count). The topological polar surface area (TPSA) is 39.5 Å². The first-order valence-electron chi connectivity index (χ1n) is 10.0. The van der Waals surface area contributed by atoms with Gasteiger partial charge in [-0.25, -0.2) is 4.99 Å². The van der Waals surface area contributed by atoms with Crippen molar-refractivity contribution in [1.29, 1.82) is 5.41 Å². The van der Waals surface area contributed by atoms with Crippen molar-refractivity contribution in [2.75, 3.05) is 13.6 Å². The number of nitrogens with one attached hydrogen (secondary N) is 1. The molecule has 2 aromatic carbocycles. The van der Waals surface area contributed by atoms with Gasteiger partial charge in [0.25, 0.3) is 0 Å². The van der Waals surface area contributed by atoms with E-state index in [1.165, 1.54) is 11.1 Å². The number of aliphatic imine (C=N–C) groups is 1. The van der Waals surface area contributed by atoms with Crippen molar-refractivity contribution >= 4 is 11.7 Å². The van der Waals surface area contributed by atoms with Crippen molar-refractivity contribution in [3.05, 3.63) is 70.8 Å². The molecule has 2 aromatic rings.